The van der Waals surface area contributed by atoms with Gasteiger partial charge in [0.1, 0.15) is 6.04 Å². The van der Waals surface area contributed by atoms with Crippen LogP contribution in [0.25, 0.3) is 11.3 Å². The maximum Gasteiger partial charge on any atom is 0.320 e. The zero-order valence-corrected chi connectivity index (χ0v) is 13.2. The van der Waals surface area contributed by atoms with Crippen LogP contribution >= 0.6 is 23.1 Å². The number of aromatic nitrogens is 1. The minimum atomic E-state index is -0.928. The van der Waals surface area contributed by atoms with Gasteiger partial charge in [-0.05, 0) is 17.9 Å². The van der Waals surface area contributed by atoms with E-state index in [4.69, 9.17) is 10.8 Å². The number of nitrogens with two attached hydrogens (primary N) is 1. The number of carbonyl (C=O) groups is 1. The maximum absolute atomic E-state index is 10.6. The second-order valence-corrected chi connectivity index (χ2v) is 6.76. The third kappa shape index (κ3) is 5.15. The monoisotopic (exact) mass is 322 g/mol. The highest BCUT2D eigenvalue weighted by atomic mass is 32.2. The van der Waals surface area contributed by atoms with Gasteiger partial charge in [-0.2, -0.15) is 11.8 Å². The molecule has 0 saturated heterocycles. The number of aryl methyl sites for hydroxylation is 1. The molecule has 0 saturated carbocycles. The molecule has 0 aliphatic carbocycles. The molecule has 1 heterocycles. The van der Waals surface area contributed by atoms with E-state index >= 15 is 0 Å². The Kier molecular flexibility index (Phi) is 6.22. The molecule has 0 bridgehead atoms. The van der Waals surface area contributed by atoms with E-state index in [0.29, 0.717) is 6.42 Å². The summed E-state index contributed by atoms with van der Waals surface area (Å²) in [6.45, 7) is 0. The number of nitrogens with zero attached hydrogens (tertiary/aromatic N) is 1. The average Bonchev–Trinajstić information content (AvgIpc) is 2.96. The minimum absolute atomic E-state index is 0.507. The van der Waals surface area contributed by atoms with Crippen LogP contribution in [0.3, 0.4) is 0 Å². The zero-order valence-electron chi connectivity index (χ0n) is 11.6. The summed E-state index contributed by atoms with van der Waals surface area (Å²) in [5.74, 6) is 0.779. The van der Waals surface area contributed by atoms with Crippen LogP contribution in [-0.2, 0) is 11.2 Å². The number of carboxylic acid groups (broad SMARTS) is 1. The number of hydrogen-bond donors (Lipinski definition) is 2. The summed E-state index contributed by atoms with van der Waals surface area (Å²) in [5, 5.41) is 11.9. The molecular formula is C15H18N2O2S2. The quantitative estimate of drug-likeness (QED) is 0.731. The number of carboxylic acids is 1. The molecule has 0 spiro atoms. The van der Waals surface area contributed by atoms with Gasteiger partial charge in [-0.1, -0.05) is 30.3 Å². The Morgan fingerprint density at radius 1 is 1.33 bits per heavy atom. The first-order chi connectivity index (χ1) is 10.2. The number of benzene rings is 1. The SMILES string of the molecule is NC(CCSCCc1nc(-c2ccccc2)cs1)C(=O)O. The third-order valence-electron chi connectivity index (χ3n) is 2.97. The molecule has 1 atom stereocenters. The summed E-state index contributed by atoms with van der Waals surface area (Å²) in [7, 11) is 0. The van der Waals surface area contributed by atoms with E-state index < -0.39 is 12.0 Å². The van der Waals surface area contributed by atoms with E-state index in [-0.39, 0.29) is 0 Å². The van der Waals surface area contributed by atoms with Crippen molar-refractivity contribution < 1.29 is 9.90 Å². The second-order valence-electron chi connectivity index (χ2n) is 4.59. The molecule has 3 N–H and O–H groups in total. The lowest BCUT2D eigenvalue weighted by Crippen LogP contribution is -2.30. The van der Waals surface area contributed by atoms with Crippen molar-refractivity contribution in [3.63, 3.8) is 0 Å². The molecule has 2 aromatic rings. The van der Waals surface area contributed by atoms with Gasteiger partial charge in [0.15, 0.2) is 0 Å². The summed E-state index contributed by atoms with van der Waals surface area (Å²) in [5.41, 5.74) is 7.62. The Morgan fingerprint density at radius 2 is 2.10 bits per heavy atom. The molecule has 0 fully saturated rings. The molecule has 1 aromatic heterocycles. The van der Waals surface area contributed by atoms with Gasteiger partial charge in [0, 0.05) is 17.4 Å². The van der Waals surface area contributed by atoms with E-state index in [9.17, 15) is 4.79 Å². The summed E-state index contributed by atoms with van der Waals surface area (Å²) in [6.07, 6.45) is 1.41. The van der Waals surface area contributed by atoms with Crippen molar-refractivity contribution in [3.8, 4) is 11.3 Å². The molecule has 0 amide bonds. The van der Waals surface area contributed by atoms with E-state index in [1.165, 1.54) is 0 Å². The Bertz CT molecular complexity index is 572. The largest absolute Gasteiger partial charge is 0.480 e. The van der Waals surface area contributed by atoms with Crippen LogP contribution in [0.4, 0.5) is 0 Å². The van der Waals surface area contributed by atoms with Gasteiger partial charge in [0.2, 0.25) is 0 Å². The summed E-state index contributed by atoms with van der Waals surface area (Å²) in [6, 6.07) is 9.38. The van der Waals surface area contributed by atoms with Gasteiger partial charge in [0.05, 0.1) is 10.7 Å². The molecule has 0 aliphatic rings. The normalized spacial score (nSPS) is 12.2. The zero-order chi connectivity index (χ0) is 15.1. The van der Waals surface area contributed by atoms with Crippen LogP contribution in [0.2, 0.25) is 0 Å². The lowest BCUT2D eigenvalue weighted by Gasteiger charge is -2.04. The lowest BCUT2D eigenvalue weighted by molar-refractivity contribution is -0.138. The van der Waals surface area contributed by atoms with E-state index in [2.05, 4.69) is 22.5 Å². The van der Waals surface area contributed by atoms with Gasteiger partial charge >= 0.3 is 5.97 Å². The van der Waals surface area contributed by atoms with Crippen molar-refractivity contribution in [3.05, 3.63) is 40.7 Å². The van der Waals surface area contributed by atoms with Crippen molar-refractivity contribution in [2.24, 2.45) is 5.73 Å². The fraction of sp³-hybridized carbons (Fsp3) is 0.333. The van der Waals surface area contributed by atoms with Crippen molar-refractivity contribution in [1.82, 2.24) is 4.98 Å². The molecule has 1 aromatic carbocycles. The molecule has 1 unspecified atom stereocenters. The van der Waals surface area contributed by atoms with Crippen LogP contribution in [0.5, 0.6) is 0 Å². The molecule has 21 heavy (non-hydrogen) atoms. The van der Waals surface area contributed by atoms with Crippen LogP contribution in [-0.4, -0.2) is 33.6 Å². The first kappa shape index (κ1) is 16.0. The number of thiazole rings is 1. The maximum atomic E-state index is 10.6. The van der Waals surface area contributed by atoms with Crippen molar-refractivity contribution in [1.29, 1.82) is 0 Å². The highest BCUT2D eigenvalue weighted by molar-refractivity contribution is 7.99. The van der Waals surface area contributed by atoms with Gasteiger partial charge in [-0.15, -0.1) is 11.3 Å². The number of aliphatic carboxylic acids is 1. The van der Waals surface area contributed by atoms with Gasteiger partial charge in [-0.25, -0.2) is 4.98 Å². The summed E-state index contributed by atoms with van der Waals surface area (Å²) >= 11 is 3.39. The smallest absolute Gasteiger partial charge is 0.320 e. The minimum Gasteiger partial charge on any atom is -0.480 e. The van der Waals surface area contributed by atoms with E-state index in [1.54, 1.807) is 23.1 Å². The number of rotatable bonds is 8. The van der Waals surface area contributed by atoms with Crippen LogP contribution in [0.1, 0.15) is 11.4 Å². The third-order valence-corrected chi connectivity index (χ3v) is 4.90. The molecular weight excluding hydrogens is 304 g/mol. The van der Waals surface area contributed by atoms with Crippen molar-refractivity contribution >= 4 is 29.1 Å². The highest BCUT2D eigenvalue weighted by Crippen LogP contribution is 2.22. The number of hydrogen-bond acceptors (Lipinski definition) is 5. The van der Waals surface area contributed by atoms with Gasteiger partial charge in [-0.3, -0.25) is 4.79 Å². The lowest BCUT2D eigenvalue weighted by atomic mass is 10.2. The predicted octanol–water partition coefficient (Wildman–Crippen LogP) is 2.89. The van der Waals surface area contributed by atoms with Crippen LogP contribution in [0.15, 0.2) is 35.7 Å². The Hall–Kier alpha value is -1.37. The average molecular weight is 322 g/mol. The first-order valence-electron chi connectivity index (χ1n) is 6.73. The molecule has 0 radical (unpaired) electrons. The molecule has 6 heteroatoms. The Labute approximate surface area is 132 Å². The van der Waals surface area contributed by atoms with E-state index in [1.807, 2.05) is 18.2 Å². The topological polar surface area (TPSA) is 76.2 Å². The van der Waals surface area contributed by atoms with E-state index in [0.717, 1.165) is 34.2 Å². The molecule has 112 valence electrons. The Morgan fingerprint density at radius 3 is 2.81 bits per heavy atom. The highest BCUT2D eigenvalue weighted by Gasteiger charge is 2.10. The van der Waals surface area contributed by atoms with Crippen LogP contribution < -0.4 is 5.73 Å². The Balaban J connectivity index is 1.73. The van der Waals surface area contributed by atoms with Crippen LogP contribution in [0, 0.1) is 0 Å². The second kappa shape index (κ2) is 8.17. The predicted molar refractivity (Wildman–Crippen MR) is 88.8 cm³/mol. The molecule has 2 rings (SSSR count). The number of thioether (sulfide) groups is 1. The molecule has 0 aliphatic heterocycles. The first-order valence-corrected chi connectivity index (χ1v) is 8.76. The van der Waals surface area contributed by atoms with Gasteiger partial charge < -0.3 is 10.8 Å². The van der Waals surface area contributed by atoms with Gasteiger partial charge in [0.25, 0.3) is 0 Å². The van der Waals surface area contributed by atoms with Crippen molar-refractivity contribution in [2.45, 2.75) is 18.9 Å². The summed E-state index contributed by atoms with van der Waals surface area (Å²) in [4.78, 5) is 15.2. The van der Waals surface area contributed by atoms with Crippen molar-refractivity contribution in [2.75, 3.05) is 11.5 Å². The summed E-state index contributed by atoms with van der Waals surface area (Å²) < 4.78 is 0. The molecule has 4 nitrogen and oxygen atoms in total. The fourth-order valence-electron chi connectivity index (χ4n) is 1.76. The fourth-order valence-corrected chi connectivity index (χ4v) is 3.66. The standard InChI is InChI=1S/C15H18N2O2S2/c16-12(15(18)19)6-8-20-9-7-14-17-13(10-21-14)11-4-2-1-3-5-11/h1-5,10,12H,6-9,16H2,(H,18,19).